The van der Waals surface area contributed by atoms with Crippen molar-refractivity contribution in [2.75, 3.05) is 0 Å². The summed E-state index contributed by atoms with van der Waals surface area (Å²) in [6, 6.07) is 49.5. The van der Waals surface area contributed by atoms with E-state index < -0.39 is 0 Å². The molecule has 5 aromatic heterocycles. The molecule has 0 atom stereocenters. The van der Waals surface area contributed by atoms with Crippen LogP contribution in [0, 0.1) is 0 Å². The van der Waals surface area contributed by atoms with Gasteiger partial charge in [0.25, 0.3) is 0 Å². The average molecular weight is 767 g/mol. The fraction of sp³-hybridized carbons (Fsp3) is 0.0909. The highest BCUT2D eigenvalue weighted by Crippen LogP contribution is 2.30. The van der Waals surface area contributed by atoms with Crippen LogP contribution in [-0.2, 0) is 24.6 Å². The quantitative estimate of drug-likeness (QED) is 0.118. The van der Waals surface area contributed by atoms with Gasteiger partial charge in [-0.3, -0.25) is 0 Å². The smallest absolute Gasteiger partial charge is 0.209 e. The highest BCUT2D eigenvalue weighted by molar-refractivity contribution is 7.98. The Kier molecular flexibility index (Phi) is 9.09. The monoisotopic (exact) mass is 766 g/mol. The van der Waals surface area contributed by atoms with E-state index in [0.29, 0.717) is 23.4 Å². The number of fused-ring (bicyclic) bond motifs is 3. The molecule has 0 amide bonds. The molecule has 0 bridgehead atoms. The van der Waals surface area contributed by atoms with E-state index in [1.54, 1.807) is 23.5 Å². The number of nitrogens with zero attached hydrogens (tertiary/aromatic N) is 8. The second-order valence-corrected chi connectivity index (χ2v) is 15.3. The molecule has 5 heterocycles. The summed E-state index contributed by atoms with van der Waals surface area (Å²) in [5.41, 5.74) is 9.46. The minimum atomic E-state index is 0.350. The van der Waals surface area contributed by atoms with Crippen LogP contribution in [0.4, 0.5) is 0 Å². The van der Waals surface area contributed by atoms with Crippen LogP contribution in [0.5, 0.6) is 0 Å². The van der Waals surface area contributed by atoms with Gasteiger partial charge < -0.3 is 9.97 Å². The Morgan fingerprint density at radius 1 is 0.446 bits per heavy atom. The van der Waals surface area contributed by atoms with Gasteiger partial charge >= 0.3 is 0 Å². The van der Waals surface area contributed by atoms with Crippen molar-refractivity contribution in [3.8, 4) is 23.0 Å². The number of nitrogens with one attached hydrogen (secondary N) is 2. The number of rotatable bonds is 12. The lowest BCUT2D eigenvalue weighted by Crippen LogP contribution is -2.14. The van der Waals surface area contributed by atoms with Crippen LogP contribution in [0.3, 0.4) is 0 Å². The van der Waals surface area contributed by atoms with Crippen LogP contribution < -0.4 is 0 Å². The van der Waals surface area contributed by atoms with Crippen molar-refractivity contribution in [1.82, 2.24) is 49.5 Å². The van der Waals surface area contributed by atoms with Crippen molar-refractivity contribution in [2.45, 2.75) is 34.9 Å². The summed E-state index contributed by atoms with van der Waals surface area (Å²) in [4.78, 5) is 27.8. The Morgan fingerprint density at radius 3 is 1.30 bits per heavy atom. The fourth-order valence-electron chi connectivity index (χ4n) is 6.83. The Bertz CT molecular complexity index is 2680. The van der Waals surface area contributed by atoms with Gasteiger partial charge in [-0.1, -0.05) is 133 Å². The zero-order valence-corrected chi connectivity index (χ0v) is 31.7. The van der Waals surface area contributed by atoms with Gasteiger partial charge in [0.15, 0.2) is 11.6 Å². The van der Waals surface area contributed by atoms with E-state index in [2.05, 4.69) is 94.9 Å². The number of H-pyrrole nitrogens is 2. The van der Waals surface area contributed by atoms with Crippen molar-refractivity contribution in [1.29, 1.82) is 0 Å². The summed E-state index contributed by atoms with van der Waals surface area (Å²) in [6.07, 6.45) is 0. The first kappa shape index (κ1) is 34.0. The molecule has 0 saturated heterocycles. The van der Waals surface area contributed by atoms with E-state index in [1.165, 1.54) is 11.1 Å². The number of aromatic nitrogens is 10. The molecule has 272 valence electrons. The van der Waals surface area contributed by atoms with Crippen molar-refractivity contribution in [3.63, 3.8) is 0 Å². The van der Waals surface area contributed by atoms with E-state index in [0.717, 1.165) is 78.8 Å². The molecule has 10 rings (SSSR count). The molecule has 56 heavy (non-hydrogen) atoms. The molecule has 0 saturated carbocycles. The van der Waals surface area contributed by atoms with Crippen molar-refractivity contribution in [2.24, 2.45) is 0 Å². The third kappa shape index (κ3) is 7.07. The lowest BCUT2D eigenvalue weighted by molar-refractivity contribution is 0.620. The molecule has 0 aliphatic heterocycles. The molecule has 0 spiro atoms. The molecule has 5 aromatic carbocycles. The zero-order valence-electron chi connectivity index (χ0n) is 30.1. The summed E-state index contributed by atoms with van der Waals surface area (Å²) >= 11 is 3.23. The number of hydrogen-bond acceptors (Lipinski definition) is 8. The minimum Gasteiger partial charge on any atom is -0.352 e. The van der Waals surface area contributed by atoms with Crippen LogP contribution in [0.2, 0.25) is 0 Å². The first-order valence-corrected chi connectivity index (χ1v) is 20.3. The van der Waals surface area contributed by atoms with Gasteiger partial charge in [0.2, 0.25) is 10.3 Å². The SMILES string of the molecule is c1ccc(CSc2nc(-c3cc4ccccc4[nH]3)n(Cc3nc4ccccc4nc3Cn3nc(SCc4ccccc4)nc3-c3cc4ccccc4[nH]3)n2)cc1. The van der Waals surface area contributed by atoms with Gasteiger partial charge in [-0.2, -0.15) is 9.97 Å². The predicted molar refractivity (Wildman–Crippen MR) is 224 cm³/mol. The number of para-hydroxylation sites is 4. The maximum absolute atomic E-state index is 5.22. The Morgan fingerprint density at radius 2 is 0.857 bits per heavy atom. The largest absolute Gasteiger partial charge is 0.352 e. The zero-order chi connectivity index (χ0) is 37.3. The molecule has 12 heteroatoms. The van der Waals surface area contributed by atoms with E-state index in [1.807, 2.05) is 70.0 Å². The maximum atomic E-state index is 5.22. The predicted octanol–water partition coefficient (Wildman–Crippen LogP) is 9.79. The first-order chi connectivity index (χ1) is 27.7. The minimum absolute atomic E-state index is 0.350. The molecular weight excluding hydrogens is 733 g/mol. The molecule has 0 aliphatic rings. The van der Waals surface area contributed by atoms with E-state index in [9.17, 15) is 0 Å². The Hall–Kier alpha value is -6.50. The van der Waals surface area contributed by atoms with Crippen LogP contribution in [-0.4, -0.2) is 49.5 Å². The third-order valence-electron chi connectivity index (χ3n) is 9.59. The van der Waals surface area contributed by atoms with Crippen LogP contribution >= 0.6 is 23.5 Å². The molecule has 10 aromatic rings. The van der Waals surface area contributed by atoms with Crippen LogP contribution in [0.25, 0.3) is 55.9 Å². The normalized spacial score (nSPS) is 11.6. The van der Waals surface area contributed by atoms with Crippen molar-refractivity contribution >= 4 is 56.4 Å². The van der Waals surface area contributed by atoms with E-state index in [-0.39, 0.29) is 0 Å². The van der Waals surface area contributed by atoms with Gasteiger partial charge in [-0.15, -0.1) is 10.2 Å². The molecule has 0 fully saturated rings. The average Bonchev–Trinajstić information content (AvgIpc) is 4.05. The number of aromatic amines is 2. The van der Waals surface area contributed by atoms with Gasteiger partial charge in [-0.05, 0) is 47.5 Å². The number of thioether (sulfide) groups is 2. The highest BCUT2D eigenvalue weighted by atomic mass is 32.2. The molecule has 0 aliphatic carbocycles. The summed E-state index contributed by atoms with van der Waals surface area (Å²) < 4.78 is 3.89. The third-order valence-corrected chi connectivity index (χ3v) is 11.4. The van der Waals surface area contributed by atoms with Crippen molar-refractivity contribution in [3.05, 3.63) is 168 Å². The topological polar surface area (TPSA) is 119 Å². The summed E-state index contributed by atoms with van der Waals surface area (Å²) in [5, 5.41) is 13.8. The second kappa shape index (κ2) is 15.0. The molecule has 2 N–H and O–H groups in total. The van der Waals surface area contributed by atoms with Gasteiger partial charge in [-0.25, -0.2) is 19.3 Å². The maximum Gasteiger partial charge on any atom is 0.209 e. The Balaban J connectivity index is 1.05. The standard InChI is InChI=1S/C44H34N10S2/c1-3-13-29(14-4-1)27-55-43-49-41(37-23-31-17-7-9-19-33(31)45-37)53(51-43)25-39-40(48-36-22-12-11-21-35(36)47-39)26-54-42(38-24-32-18-8-10-20-34(32)46-38)50-44(52-54)56-28-30-15-5-2-6-16-30/h1-24,45-46H,25-28H2. The molecule has 0 unspecified atom stereocenters. The Labute approximate surface area is 330 Å². The number of hydrogen-bond donors (Lipinski definition) is 2. The van der Waals surface area contributed by atoms with Gasteiger partial charge in [0, 0.05) is 33.3 Å². The second-order valence-electron chi connectivity index (χ2n) is 13.4. The summed E-state index contributed by atoms with van der Waals surface area (Å²) in [6.45, 7) is 0.700. The first-order valence-electron chi connectivity index (χ1n) is 18.3. The summed E-state index contributed by atoms with van der Waals surface area (Å²) in [7, 11) is 0. The van der Waals surface area contributed by atoms with E-state index in [4.69, 9.17) is 30.1 Å². The summed E-state index contributed by atoms with van der Waals surface area (Å²) in [5.74, 6) is 2.98. The van der Waals surface area contributed by atoms with Crippen LogP contribution in [0.15, 0.2) is 156 Å². The van der Waals surface area contributed by atoms with E-state index >= 15 is 0 Å². The molecule has 10 nitrogen and oxygen atoms in total. The van der Waals surface area contributed by atoms with Crippen LogP contribution in [0.1, 0.15) is 22.5 Å². The van der Waals surface area contributed by atoms with Crippen molar-refractivity contribution < 1.29 is 0 Å². The van der Waals surface area contributed by atoms with Gasteiger partial charge in [0.05, 0.1) is 46.9 Å². The highest BCUT2D eigenvalue weighted by Gasteiger charge is 2.21. The lowest BCUT2D eigenvalue weighted by Gasteiger charge is -2.12. The van der Waals surface area contributed by atoms with Gasteiger partial charge in [0.1, 0.15) is 0 Å². The lowest BCUT2D eigenvalue weighted by atomic mass is 10.2. The molecule has 0 radical (unpaired) electrons. The number of benzene rings is 5. The fourth-order valence-corrected chi connectivity index (χ4v) is 8.42. The molecular formula is C44H34N10S2.